The highest BCUT2D eigenvalue weighted by molar-refractivity contribution is 14.0. The second-order valence-electron chi connectivity index (χ2n) is 7.11. The molecule has 0 aliphatic heterocycles. The lowest BCUT2D eigenvalue weighted by atomic mass is 9.92. The molecule has 166 valence electrons. The van der Waals surface area contributed by atoms with Crippen LogP contribution in [0, 0.1) is 5.41 Å². The van der Waals surface area contributed by atoms with E-state index in [4.69, 9.17) is 9.47 Å². The molecule has 1 aromatic rings. The van der Waals surface area contributed by atoms with Gasteiger partial charge in [0.25, 0.3) is 0 Å². The molecule has 0 bridgehead atoms. The molecule has 1 unspecified atom stereocenters. The third kappa shape index (κ3) is 8.67. The van der Waals surface area contributed by atoms with E-state index in [0.29, 0.717) is 32.3 Å². The number of ether oxygens (including phenoxy) is 2. The summed E-state index contributed by atoms with van der Waals surface area (Å²) in [5.41, 5.74) is 0.510. The van der Waals surface area contributed by atoms with Crippen LogP contribution in [0.4, 0.5) is 0 Å². The average molecular weight is 520 g/mol. The number of hydrogen-bond acceptors (Lipinski definition) is 4. The maximum absolute atomic E-state index is 12.2. The zero-order valence-corrected chi connectivity index (χ0v) is 21.0. The molecule has 3 N–H and O–H groups in total. The Balaban J connectivity index is 0.00000784. The van der Waals surface area contributed by atoms with Crippen LogP contribution >= 0.6 is 24.0 Å². The van der Waals surface area contributed by atoms with Gasteiger partial charge in [-0.05, 0) is 59.2 Å². The number of guanidine groups is 1. The number of halogens is 1. The molecule has 0 saturated heterocycles. The first-order valence-electron chi connectivity index (χ1n) is 9.94. The van der Waals surface area contributed by atoms with E-state index in [1.165, 1.54) is 0 Å². The largest absolute Gasteiger partial charge is 0.490 e. The van der Waals surface area contributed by atoms with Crippen molar-refractivity contribution in [1.82, 2.24) is 16.0 Å². The van der Waals surface area contributed by atoms with Crippen molar-refractivity contribution in [3.63, 3.8) is 0 Å². The summed E-state index contributed by atoms with van der Waals surface area (Å²) in [6.45, 7) is 13.9. The van der Waals surface area contributed by atoms with Crippen LogP contribution in [-0.4, -0.2) is 45.2 Å². The van der Waals surface area contributed by atoms with E-state index in [0.717, 1.165) is 17.1 Å². The predicted molar refractivity (Wildman–Crippen MR) is 130 cm³/mol. The molecule has 0 radical (unpaired) electrons. The smallest absolute Gasteiger partial charge is 0.227 e. The second kappa shape index (κ2) is 13.5. The van der Waals surface area contributed by atoms with Crippen molar-refractivity contribution in [2.75, 3.05) is 33.4 Å². The Morgan fingerprint density at radius 1 is 1.10 bits per heavy atom. The van der Waals surface area contributed by atoms with Gasteiger partial charge in [0.1, 0.15) is 0 Å². The van der Waals surface area contributed by atoms with Crippen molar-refractivity contribution >= 4 is 35.8 Å². The van der Waals surface area contributed by atoms with Crippen molar-refractivity contribution in [3.05, 3.63) is 23.8 Å². The minimum atomic E-state index is -0.544. The highest BCUT2D eigenvalue weighted by atomic mass is 127. The summed E-state index contributed by atoms with van der Waals surface area (Å²) >= 11 is 0. The zero-order valence-electron chi connectivity index (χ0n) is 18.7. The molecule has 0 heterocycles. The average Bonchev–Trinajstić information content (AvgIpc) is 2.66. The number of rotatable bonds is 10. The summed E-state index contributed by atoms with van der Waals surface area (Å²) in [5.74, 6) is 2.12. The fraction of sp³-hybridized carbons (Fsp3) is 0.619. The van der Waals surface area contributed by atoms with E-state index in [9.17, 15) is 4.79 Å². The molecule has 0 aromatic heterocycles. The first kappa shape index (κ1) is 27.3. The van der Waals surface area contributed by atoms with Crippen LogP contribution in [0.5, 0.6) is 11.5 Å². The molecule has 1 rings (SSSR count). The Morgan fingerprint density at radius 2 is 1.72 bits per heavy atom. The molecule has 0 aliphatic carbocycles. The fourth-order valence-electron chi connectivity index (χ4n) is 2.60. The maximum Gasteiger partial charge on any atom is 0.227 e. The Morgan fingerprint density at radius 3 is 2.28 bits per heavy atom. The minimum Gasteiger partial charge on any atom is -0.490 e. The molecular formula is C21H37IN4O3. The highest BCUT2D eigenvalue weighted by Crippen LogP contribution is 2.30. The lowest BCUT2D eigenvalue weighted by molar-refractivity contribution is -0.128. The maximum atomic E-state index is 12.2. The first-order valence-corrected chi connectivity index (χ1v) is 9.94. The lowest BCUT2D eigenvalue weighted by Crippen LogP contribution is -2.48. The standard InChI is InChI=1S/C21H36N4O3.HI/c1-8-23-19(26)21(5,6)14-24-20(22-7)25-15(4)16-11-12-17(27-9-2)18(13-16)28-10-3;/h11-13,15H,8-10,14H2,1-7H3,(H,23,26)(H2,22,24,25);1H. The summed E-state index contributed by atoms with van der Waals surface area (Å²) in [4.78, 5) is 16.4. The van der Waals surface area contributed by atoms with Crippen molar-refractivity contribution in [2.24, 2.45) is 10.4 Å². The van der Waals surface area contributed by atoms with Gasteiger partial charge in [-0.3, -0.25) is 9.79 Å². The number of carbonyl (C=O) groups excluding carboxylic acids is 1. The molecule has 7 nitrogen and oxygen atoms in total. The predicted octanol–water partition coefficient (Wildman–Crippen LogP) is 3.49. The molecule has 29 heavy (non-hydrogen) atoms. The molecule has 8 heteroatoms. The van der Waals surface area contributed by atoms with Gasteiger partial charge < -0.3 is 25.4 Å². The van der Waals surface area contributed by atoms with Crippen molar-refractivity contribution in [3.8, 4) is 11.5 Å². The molecule has 0 fully saturated rings. The van der Waals surface area contributed by atoms with Crippen LogP contribution < -0.4 is 25.4 Å². The quantitative estimate of drug-likeness (QED) is 0.250. The van der Waals surface area contributed by atoms with Crippen molar-refractivity contribution in [2.45, 2.75) is 47.6 Å². The van der Waals surface area contributed by atoms with Crippen molar-refractivity contribution < 1.29 is 14.3 Å². The zero-order chi connectivity index (χ0) is 21.2. The van der Waals surface area contributed by atoms with E-state index in [1.54, 1.807) is 7.05 Å². The van der Waals surface area contributed by atoms with E-state index < -0.39 is 5.41 Å². The lowest BCUT2D eigenvalue weighted by Gasteiger charge is -2.26. The van der Waals surface area contributed by atoms with Gasteiger partial charge >= 0.3 is 0 Å². The van der Waals surface area contributed by atoms with Gasteiger partial charge in [-0.2, -0.15) is 0 Å². The summed E-state index contributed by atoms with van der Waals surface area (Å²) < 4.78 is 11.3. The van der Waals surface area contributed by atoms with Gasteiger partial charge in [0.15, 0.2) is 17.5 Å². The third-order valence-electron chi connectivity index (χ3n) is 4.29. The Bertz CT molecular complexity index is 665. The number of amides is 1. The Labute approximate surface area is 192 Å². The number of benzene rings is 1. The third-order valence-corrected chi connectivity index (χ3v) is 4.29. The molecule has 0 spiro atoms. The number of carbonyl (C=O) groups is 1. The fourth-order valence-corrected chi connectivity index (χ4v) is 2.60. The summed E-state index contributed by atoms with van der Waals surface area (Å²) in [6, 6.07) is 5.92. The van der Waals surface area contributed by atoms with Gasteiger partial charge in [-0.15, -0.1) is 24.0 Å². The van der Waals surface area contributed by atoms with Gasteiger partial charge in [0.05, 0.1) is 24.7 Å². The Kier molecular flexibility index (Phi) is 12.7. The number of aliphatic imine (C=N–C) groups is 1. The van der Waals surface area contributed by atoms with Gasteiger partial charge in [0, 0.05) is 20.1 Å². The minimum absolute atomic E-state index is 0. The normalized spacial score (nSPS) is 12.4. The molecule has 1 aromatic carbocycles. The summed E-state index contributed by atoms with van der Waals surface area (Å²) in [6.07, 6.45) is 0. The van der Waals surface area contributed by atoms with Gasteiger partial charge in [0.2, 0.25) is 5.91 Å². The number of nitrogens with one attached hydrogen (secondary N) is 3. The van der Waals surface area contributed by atoms with Crippen LogP contribution in [-0.2, 0) is 4.79 Å². The van der Waals surface area contributed by atoms with E-state index in [2.05, 4.69) is 20.9 Å². The monoisotopic (exact) mass is 520 g/mol. The number of nitrogens with zero attached hydrogens (tertiary/aromatic N) is 1. The number of hydrogen-bond donors (Lipinski definition) is 3. The second-order valence-corrected chi connectivity index (χ2v) is 7.11. The van der Waals surface area contributed by atoms with E-state index in [1.807, 2.05) is 59.7 Å². The molecule has 0 saturated carbocycles. The van der Waals surface area contributed by atoms with Crippen LogP contribution in [0.25, 0.3) is 0 Å². The van der Waals surface area contributed by atoms with Gasteiger partial charge in [-0.1, -0.05) is 6.07 Å². The molecule has 1 amide bonds. The van der Waals surface area contributed by atoms with Crippen LogP contribution in [0.3, 0.4) is 0 Å². The first-order chi connectivity index (χ1) is 13.3. The summed E-state index contributed by atoms with van der Waals surface area (Å²) in [7, 11) is 1.71. The van der Waals surface area contributed by atoms with Crippen LogP contribution in [0.15, 0.2) is 23.2 Å². The van der Waals surface area contributed by atoms with Crippen molar-refractivity contribution in [1.29, 1.82) is 0 Å². The Hall–Kier alpha value is -1.71. The molecule has 0 aliphatic rings. The van der Waals surface area contributed by atoms with Crippen LogP contribution in [0.2, 0.25) is 0 Å². The van der Waals surface area contributed by atoms with E-state index in [-0.39, 0.29) is 35.9 Å². The van der Waals surface area contributed by atoms with Crippen LogP contribution in [0.1, 0.15) is 53.1 Å². The SMILES string of the molecule is CCNC(=O)C(C)(C)CNC(=NC)NC(C)c1ccc(OCC)c(OCC)c1.I. The van der Waals surface area contributed by atoms with E-state index >= 15 is 0 Å². The topological polar surface area (TPSA) is 84.0 Å². The molecule has 1 atom stereocenters. The molecular weight excluding hydrogens is 483 g/mol. The highest BCUT2D eigenvalue weighted by Gasteiger charge is 2.27. The van der Waals surface area contributed by atoms with Gasteiger partial charge in [-0.25, -0.2) is 0 Å². The summed E-state index contributed by atoms with van der Waals surface area (Å²) in [5, 5.41) is 9.46.